The Morgan fingerprint density at radius 1 is 1.09 bits per heavy atom. The summed E-state index contributed by atoms with van der Waals surface area (Å²) in [5, 5.41) is 8.02. The van der Waals surface area contributed by atoms with E-state index in [2.05, 4.69) is 10.4 Å². The smallest absolute Gasteiger partial charge is 0.399 e. The summed E-state index contributed by atoms with van der Waals surface area (Å²) in [5.74, 6) is -0.654. The van der Waals surface area contributed by atoms with Crippen LogP contribution in [0.15, 0.2) is 36.4 Å². The van der Waals surface area contributed by atoms with Gasteiger partial charge in [0.25, 0.3) is 5.91 Å². The first-order chi connectivity index (χ1) is 14.9. The topological polar surface area (TPSA) is 68.6 Å². The van der Waals surface area contributed by atoms with Gasteiger partial charge in [-0.1, -0.05) is 0 Å². The van der Waals surface area contributed by atoms with Crippen molar-refractivity contribution in [3.8, 4) is 5.69 Å². The molecule has 1 saturated heterocycles. The molecule has 2 aromatic carbocycles. The van der Waals surface area contributed by atoms with Crippen molar-refractivity contribution in [2.24, 2.45) is 0 Å². The first-order valence-corrected chi connectivity index (χ1v) is 10.5. The molecule has 0 spiro atoms. The molecule has 32 heavy (non-hydrogen) atoms. The number of amides is 1. The molecule has 168 valence electrons. The zero-order chi connectivity index (χ0) is 23.4. The van der Waals surface area contributed by atoms with Crippen LogP contribution in [0.1, 0.15) is 38.2 Å². The van der Waals surface area contributed by atoms with Crippen LogP contribution in [0.4, 0.5) is 10.1 Å². The number of carbonyl (C=O) groups excluding carboxylic acids is 1. The van der Waals surface area contributed by atoms with Gasteiger partial charge in [-0.25, -0.2) is 9.07 Å². The Morgan fingerprint density at radius 3 is 2.22 bits per heavy atom. The highest BCUT2D eigenvalue weighted by atomic mass is 19.1. The maximum absolute atomic E-state index is 13.5. The molecule has 1 aliphatic heterocycles. The lowest BCUT2D eigenvalue weighted by Gasteiger charge is -2.32. The van der Waals surface area contributed by atoms with Crippen molar-refractivity contribution in [3.63, 3.8) is 0 Å². The fourth-order valence-electron chi connectivity index (χ4n) is 3.79. The highest BCUT2D eigenvalue weighted by molar-refractivity contribution is 6.64. The van der Waals surface area contributed by atoms with Gasteiger partial charge in [0.15, 0.2) is 0 Å². The molecule has 0 bridgehead atoms. The van der Waals surface area contributed by atoms with E-state index in [1.165, 1.54) is 16.8 Å². The Bertz CT molecular complexity index is 1170. The second-order valence-corrected chi connectivity index (χ2v) is 9.23. The molecule has 0 saturated carbocycles. The van der Waals surface area contributed by atoms with Gasteiger partial charge in [-0.2, -0.15) is 5.10 Å². The number of carbonyl (C=O) groups is 1. The number of benzene rings is 2. The molecule has 0 radical (unpaired) electrons. The van der Waals surface area contributed by atoms with Crippen LogP contribution in [-0.2, 0) is 9.31 Å². The minimum Gasteiger partial charge on any atom is -0.399 e. The predicted octanol–water partition coefficient (Wildman–Crippen LogP) is 2.89. The lowest BCUT2D eigenvalue weighted by molar-refractivity contribution is 0.00578. The summed E-state index contributed by atoms with van der Waals surface area (Å²) in [4.78, 5) is 14.9. The van der Waals surface area contributed by atoms with Gasteiger partial charge in [-0.05, 0) is 64.1 Å². The zero-order valence-corrected chi connectivity index (χ0v) is 19.5. The molecule has 0 unspecified atom stereocenters. The standard InChI is InChI=1S/C23H28BFN4O3/c1-22(2)23(3,4)32-24(31-22)17-12-16-18(13-19(17)28(6)7)27-29(20(16)21(30)26-5)15-10-8-14(25)9-11-15/h8-13H,1-7H3,(H,26,30). The lowest BCUT2D eigenvalue weighted by atomic mass is 9.76. The van der Waals surface area contributed by atoms with E-state index in [1.807, 2.05) is 58.8 Å². The summed E-state index contributed by atoms with van der Waals surface area (Å²) < 4.78 is 27.6. The summed E-state index contributed by atoms with van der Waals surface area (Å²) >= 11 is 0. The van der Waals surface area contributed by atoms with Crippen LogP contribution in [0.5, 0.6) is 0 Å². The number of hydrogen-bond acceptors (Lipinski definition) is 5. The molecule has 1 fully saturated rings. The van der Waals surface area contributed by atoms with Crippen LogP contribution in [0, 0.1) is 5.82 Å². The number of aromatic nitrogens is 2. The second kappa shape index (κ2) is 7.60. The fraction of sp³-hybridized carbons (Fsp3) is 0.391. The molecule has 2 heterocycles. The van der Waals surface area contributed by atoms with E-state index in [0.29, 0.717) is 22.3 Å². The number of rotatable bonds is 4. The van der Waals surface area contributed by atoms with Crippen molar-refractivity contribution in [1.82, 2.24) is 15.1 Å². The average molecular weight is 438 g/mol. The lowest BCUT2D eigenvalue weighted by Crippen LogP contribution is -2.41. The number of halogens is 1. The van der Waals surface area contributed by atoms with Crippen molar-refractivity contribution < 1.29 is 18.5 Å². The molecular formula is C23H28BFN4O3. The van der Waals surface area contributed by atoms with Gasteiger partial charge in [0.2, 0.25) is 0 Å². The number of hydrogen-bond donors (Lipinski definition) is 1. The maximum Gasteiger partial charge on any atom is 0.496 e. The van der Waals surface area contributed by atoms with Gasteiger partial charge < -0.3 is 19.5 Å². The molecule has 1 N–H and O–H groups in total. The van der Waals surface area contributed by atoms with E-state index < -0.39 is 18.3 Å². The molecule has 9 heteroatoms. The van der Waals surface area contributed by atoms with Gasteiger partial charge in [-0.3, -0.25) is 4.79 Å². The molecule has 0 aliphatic carbocycles. The Hall–Kier alpha value is -2.91. The van der Waals surface area contributed by atoms with Crippen molar-refractivity contribution in [1.29, 1.82) is 0 Å². The van der Waals surface area contributed by atoms with E-state index in [1.54, 1.807) is 19.2 Å². The van der Waals surface area contributed by atoms with Gasteiger partial charge in [0.05, 0.1) is 22.4 Å². The molecule has 1 aromatic heterocycles. The fourth-order valence-corrected chi connectivity index (χ4v) is 3.79. The van der Waals surface area contributed by atoms with E-state index in [4.69, 9.17) is 9.31 Å². The molecule has 3 aromatic rings. The van der Waals surface area contributed by atoms with Crippen molar-refractivity contribution >= 4 is 35.1 Å². The molecule has 4 rings (SSSR count). The third-order valence-corrected chi connectivity index (χ3v) is 6.32. The van der Waals surface area contributed by atoms with E-state index in [9.17, 15) is 9.18 Å². The SMILES string of the molecule is CNC(=O)c1c2cc(B3OC(C)(C)C(C)(C)O3)c(N(C)C)cc2nn1-c1ccc(F)cc1. The summed E-state index contributed by atoms with van der Waals surface area (Å²) in [7, 11) is 4.84. The maximum atomic E-state index is 13.5. The van der Waals surface area contributed by atoms with Gasteiger partial charge in [-0.15, -0.1) is 0 Å². The molecule has 1 amide bonds. The van der Waals surface area contributed by atoms with Crippen LogP contribution in [0.3, 0.4) is 0 Å². The highest BCUT2D eigenvalue weighted by Gasteiger charge is 2.52. The summed E-state index contributed by atoms with van der Waals surface area (Å²) in [6.45, 7) is 8.01. The summed E-state index contributed by atoms with van der Waals surface area (Å²) in [5.41, 5.74) is 2.27. The first-order valence-electron chi connectivity index (χ1n) is 10.5. The van der Waals surface area contributed by atoms with Crippen LogP contribution >= 0.6 is 0 Å². The Labute approximate surface area is 187 Å². The summed E-state index contributed by atoms with van der Waals surface area (Å²) in [6.07, 6.45) is 0. The van der Waals surface area contributed by atoms with Crippen LogP contribution in [0.2, 0.25) is 0 Å². The number of nitrogens with one attached hydrogen (secondary N) is 1. The van der Waals surface area contributed by atoms with Crippen molar-refractivity contribution in [2.75, 3.05) is 26.0 Å². The predicted molar refractivity (Wildman–Crippen MR) is 124 cm³/mol. The van der Waals surface area contributed by atoms with Gasteiger partial charge in [0.1, 0.15) is 11.5 Å². The van der Waals surface area contributed by atoms with E-state index in [0.717, 1.165) is 11.2 Å². The minimum absolute atomic E-state index is 0.297. The van der Waals surface area contributed by atoms with Crippen molar-refractivity contribution in [2.45, 2.75) is 38.9 Å². The summed E-state index contributed by atoms with van der Waals surface area (Å²) in [6, 6.07) is 9.70. The van der Waals surface area contributed by atoms with Crippen LogP contribution < -0.4 is 15.7 Å². The highest BCUT2D eigenvalue weighted by Crippen LogP contribution is 2.38. The minimum atomic E-state index is -0.603. The quantitative estimate of drug-likeness (QED) is 0.635. The first kappa shape index (κ1) is 22.3. The van der Waals surface area contributed by atoms with Gasteiger partial charge in [0, 0.05) is 37.7 Å². The number of nitrogens with zero attached hydrogens (tertiary/aromatic N) is 3. The average Bonchev–Trinajstić information content (AvgIpc) is 3.20. The molecular weight excluding hydrogens is 410 g/mol. The van der Waals surface area contributed by atoms with Crippen molar-refractivity contribution in [3.05, 3.63) is 47.9 Å². The van der Waals surface area contributed by atoms with Gasteiger partial charge >= 0.3 is 7.12 Å². The Kier molecular flexibility index (Phi) is 5.29. The molecule has 0 atom stereocenters. The number of fused-ring (bicyclic) bond motifs is 1. The zero-order valence-electron chi connectivity index (χ0n) is 19.5. The second-order valence-electron chi connectivity index (χ2n) is 9.23. The third kappa shape index (κ3) is 3.55. The largest absolute Gasteiger partial charge is 0.496 e. The molecule has 7 nitrogen and oxygen atoms in total. The van der Waals surface area contributed by atoms with E-state index >= 15 is 0 Å². The normalized spacial score (nSPS) is 17.1. The number of anilines is 1. The third-order valence-electron chi connectivity index (χ3n) is 6.32. The van der Waals surface area contributed by atoms with E-state index in [-0.39, 0.29) is 11.7 Å². The Balaban J connectivity index is 1.96. The Morgan fingerprint density at radius 2 is 1.69 bits per heavy atom. The molecule has 1 aliphatic rings. The van der Waals surface area contributed by atoms with Crippen LogP contribution in [0.25, 0.3) is 16.6 Å². The van der Waals surface area contributed by atoms with Crippen LogP contribution in [-0.4, -0.2) is 55.2 Å². The monoisotopic (exact) mass is 438 g/mol.